The topological polar surface area (TPSA) is 32.7 Å². The molecule has 0 bridgehead atoms. The number of thiophene rings is 1. The molecule has 24 heavy (non-hydrogen) atoms. The molecule has 5 heteroatoms. The number of hydrogen-bond acceptors (Lipinski definition) is 3. The van der Waals surface area contributed by atoms with E-state index in [1.54, 1.807) is 16.3 Å². The summed E-state index contributed by atoms with van der Waals surface area (Å²) in [5.41, 5.74) is 1.98. The molecule has 0 spiro atoms. The molecule has 0 saturated carbocycles. The Kier molecular flexibility index (Phi) is 4.08. The number of alkyl halides is 1. The number of carbonyl (C=O) groups is 1. The highest BCUT2D eigenvalue weighted by molar-refractivity contribution is 7.10. The van der Waals surface area contributed by atoms with Crippen LogP contribution in [0, 0.1) is 0 Å². The molecule has 3 nitrogen and oxygen atoms in total. The summed E-state index contributed by atoms with van der Waals surface area (Å²) in [6.07, 6.45) is 0.710. The van der Waals surface area contributed by atoms with Gasteiger partial charge in [0.05, 0.1) is 11.8 Å². The van der Waals surface area contributed by atoms with Gasteiger partial charge in [-0.1, -0.05) is 42.5 Å². The number of hydrazone groups is 1. The van der Waals surface area contributed by atoms with Crippen molar-refractivity contribution in [1.82, 2.24) is 5.01 Å². The van der Waals surface area contributed by atoms with Crippen molar-refractivity contribution in [2.75, 3.05) is 5.88 Å². The van der Waals surface area contributed by atoms with Gasteiger partial charge in [-0.05, 0) is 33.8 Å². The molecule has 3 aromatic rings. The van der Waals surface area contributed by atoms with Crippen LogP contribution in [0.4, 0.5) is 0 Å². The molecule has 1 aliphatic heterocycles. The first-order valence-electron chi connectivity index (χ1n) is 7.74. The van der Waals surface area contributed by atoms with Crippen molar-refractivity contribution < 1.29 is 4.79 Å². The molecule has 4 rings (SSSR count). The van der Waals surface area contributed by atoms with Crippen LogP contribution in [0.15, 0.2) is 65.1 Å². The molecule has 1 aliphatic rings. The van der Waals surface area contributed by atoms with Crippen LogP contribution in [0.1, 0.15) is 22.9 Å². The third-order valence-electron chi connectivity index (χ3n) is 4.23. The summed E-state index contributed by atoms with van der Waals surface area (Å²) in [4.78, 5) is 13.3. The highest BCUT2D eigenvalue weighted by atomic mass is 35.5. The van der Waals surface area contributed by atoms with Crippen LogP contribution < -0.4 is 0 Å². The van der Waals surface area contributed by atoms with Gasteiger partial charge in [0.2, 0.25) is 0 Å². The van der Waals surface area contributed by atoms with Crippen LogP contribution in [-0.2, 0) is 4.79 Å². The summed E-state index contributed by atoms with van der Waals surface area (Å²) in [7, 11) is 0. The standard InChI is InChI=1S/C19H15ClN2OS/c20-12-19(23)22-17(18-6-3-9-24-18)11-16(21-22)15-8-7-13-4-1-2-5-14(13)10-15/h1-10,17H,11-12H2. The lowest BCUT2D eigenvalue weighted by molar-refractivity contribution is -0.130. The molecular formula is C19H15ClN2OS. The lowest BCUT2D eigenvalue weighted by Crippen LogP contribution is -2.27. The van der Waals surface area contributed by atoms with Crippen molar-refractivity contribution in [2.24, 2.45) is 5.10 Å². The van der Waals surface area contributed by atoms with Crippen molar-refractivity contribution in [3.63, 3.8) is 0 Å². The van der Waals surface area contributed by atoms with Crippen LogP contribution in [-0.4, -0.2) is 22.5 Å². The zero-order valence-electron chi connectivity index (χ0n) is 12.9. The van der Waals surface area contributed by atoms with Gasteiger partial charge in [-0.3, -0.25) is 4.79 Å². The SMILES string of the molecule is O=C(CCl)N1N=C(c2ccc3ccccc3c2)CC1c1cccs1. The third-order valence-corrected chi connectivity index (χ3v) is 5.44. The van der Waals surface area contributed by atoms with E-state index >= 15 is 0 Å². The van der Waals surface area contributed by atoms with Gasteiger partial charge < -0.3 is 0 Å². The lowest BCUT2D eigenvalue weighted by Gasteiger charge is -2.19. The molecule has 0 radical (unpaired) electrons. The predicted octanol–water partition coefficient (Wildman–Crippen LogP) is 4.82. The number of benzene rings is 2. The van der Waals surface area contributed by atoms with Crippen molar-refractivity contribution in [2.45, 2.75) is 12.5 Å². The zero-order chi connectivity index (χ0) is 16.5. The number of fused-ring (bicyclic) bond motifs is 1. The average Bonchev–Trinajstić information content (AvgIpc) is 3.30. The van der Waals surface area contributed by atoms with Crippen molar-refractivity contribution in [3.8, 4) is 0 Å². The van der Waals surface area contributed by atoms with E-state index in [9.17, 15) is 4.79 Å². The minimum absolute atomic E-state index is 0.0577. The summed E-state index contributed by atoms with van der Waals surface area (Å²) >= 11 is 7.41. The second-order valence-electron chi connectivity index (χ2n) is 5.72. The first kappa shape index (κ1) is 15.4. The maximum atomic E-state index is 12.2. The minimum Gasteiger partial charge on any atom is -0.272 e. The third kappa shape index (κ3) is 2.72. The molecule has 120 valence electrons. The Morgan fingerprint density at radius 3 is 2.75 bits per heavy atom. The smallest absolute Gasteiger partial charge is 0.258 e. The van der Waals surface area contributed by atoms with Crippen molar-refractivity contribution in [3.05, 3.63) is 70.4 Å². The van der Waals surface area contributed by atoms with E-state index in [1.165, 1.54) is 10.8 Å². The number of rotatable bonds is 3. The van der Waals surface area contributed by atoms with E-state index < -0.39 is 0 Å². The van der Waals surface area contributed by atoms with Crippen LogP contribution in [0.3, 0.4) is 0 Å². The van der Waals surface area contributed by atoms with Gasteiger partial charge in [0, 0.05) is 11.3 Å². The average molecular weight is 355 g/mol. The van der Waals surface area contributed by atoms with Crippen LogP contribution in [0.2, 0.25) is 0 Å². The number of halogens is 1. The van der Waals surface area contributed by atoms with Gasteiger partial charge >= 0.3 is 0 Å². The molecule has 1 unspecified atom stereocenters. The molecule has 2 aromatic carbocycles. The Labute approximate surface area is 149 Å². The zero-order valence-corrected chi connectivity index (χ0v) is 14.4. The van der Waals surface area contributed by atoms with Crippen LogP contribution >= 0.6 is 22.9 Å². The van der Waals surface area contributed by atoms with E-state index in [0.717, 1.165) is 16.2 Å². The molecular weight excluding hydrogens is 340 g/mol. The quantitative estimate of drug-likeness (QED) is 0.621. The van der Waals surface area contributed by atoms with E-state index in [2.05, 4.69) is 35.4 Å². The summed E-state index contributed by atoms with van der Waals surface area (Å²) in [5, 5.41) is 10.5. The Bertz CT molecular complexity index is 920. The van der Waals surface area contributed by atoms with Gasteiger partial charge in [0.1, 0.15) is 5.88 Å². The Balaban J connectivity index is 1.72. The summed E-state index contributed by atoms with van der Waals surface area (Å²) in [6.45, 7) is 0. The van der Waals surface area contributed by atoms with Crippen LogP contribution in [0.5, 0.6) is 0 Å². The van der Waals surface area contributed by atoms with E-state index in [-0.39, 0.29) is 17.8 Å². The monoisotopic (exact) mass is 354 g/mol. The van der Waals surface area contributed by atoms with E-state index in [1.807, 2.05) is 29.6 Å². The van der Waals surface area contributed by atoms with Gasteiger partial charge in [0.15, 0.2) is 0 Å². The molecule has 1 amide bonds. The molecule has 0 fully saturated rings. The summed E-state index contributed by atoms with van der Waals surface area (Å²) < 4.78 is 0. The van der Waals surface area contributed by atoms with E-state index in [4.69, 9.17) is 11.6 Å². The van der Waals surface area contributed by atoms with E-state index in [0.29, 0.717) is 6.42 Å². The Morgan fingerprint density at radius 1 is 1.17 bits per heavy atom. The fourth-order valence-electron chi connectivity index (χ4n) is 3.05. The summed E-state index contributed by atoms with van der Waals surface area (Å²) in [6, 6.07) is 18.5. The number of nitrogens with zero attached hydrogens (tertiary/aromatic N) is 2. The largest absolute Gasteiger partial charge is 0.272 e. The molecule has 2 heterocycles. The fraction of sp³-hybridized carbons (Fsp3) is 0.158. The molecule has 0 saturated heterocycles. The number of amides is 1. The van der Waals surface area contributed by atoms with Gasteiger partial charge in [-0.25, -0.2) is 5.01 Å². The Morgan fingerprint density at radius 2 is 2.00 bits per heavy atom. The molecule has 0 N–H and O–H groups in total. The van der Waals surface area contributed by atoms with Crippen molar-refractivity contribution in [1.29, 1.82) is 0 Å². The van der Waals surface area contributed by atoms with Crippen molar-refractivity contribution >= 4 is 45.3 Å². The van der Waals surface area contributed by atoms with Gasteiger partial charge in [-0.15, -0.1) is 22.9 Å². The normalized spacial score (nSPS) is 17.3. The molecule has 1 atom stereocenters. The van der Waals surface area contributed by atoms with Gasteiger partial charge in [-0.2, -0.15) is 5.10 Å². The molecule has 0 aliphatic carbocycles. The second kappa shape index (κ2) is 6.38. The minimum atomic E-state index is -0.161. The number of carbonyl (C=O) groups excluding carboxylic acids is 1. The Hall–Kier alpha value is -2.17. The number of hydrogen-bond donors (Lipinski definition) is 0. The van der Waals surface area contributed by atoms with Gasteiger partial charge in [0.25, 0.3) is 5.91 Å². The predicted molar refractivity (Wildman–Crippen MR) is 99.7 cm³/mol. The maximum Gasteiger partial charge on any atom is 0.258 e. The maximum absolute atomic E-state index is 12.2. The summed E-state index contributed by atoms with van der Waals surface area (Å²) in [5.74, 6) is -0.220. The second-order valence-corrected chi connectivity index (χ2v) is 6.96. The lowest BCUT2D eigenvalue weighted by atomic mass is 10.00. The first-order valence-corrected chi connectivity index (χ1v) is 9.16. The first-order chi connectivity index (χ1) is 11.8. The fourth-order valence-corrected chi connectivity index (χ4v) is 3.98. The molecule has 1 aromatic heterocycles. The highest BCUT2D eigenvalue weighted by Crippen LogP contribution is 2.35. The van der Waals surface area contributed by atoms with Crippen LogP contribution in [0.25, 0.3) is 10.8 Å². The highest BCUT2D eigenvalue weighted by Gasteiger charge is 2.33.